The lowest BCUT2D eigenvalue weighted by Crippen LogP contribution is -2.30. The van der Waals surface area contributed by atoms with E-state index in [1.807, 2.05) is 24.3 Å². The van der Waals surface area contributed by atoms with Gasteiger partial charge < -0.3 is 10.1 Å². The van der Waals surface area contributed by atoms with Crippen LogP contribution in [0.1, 0.15) is 38.7 Å². The van der Waals surface area contributed by atoms with Crippen LogP contribution in [0.3, 0.4) is 0 Å². The van der Waals surface area contributed by atoms with Crippen LogP contribution in [0.15, 0.2) is 42.5 Å². The quantitative estimate of drug-likeness (QED) is 0.690. The molecule has 0 aliphatic heterocycles. The largest absolute Gasteiger partial charge is 0.479 e. The Morgan fingerprint density at radius 3 is 2.54 bits per heavy atom. The van der Waals surface area contributed by atoms with Crippen LogP contribution in [0.25, 0.3) is 0 Å². The van der Waals surface area contributed by atoms with Crippen molar-refractivity contribution in [3.8, 4) is 5.75 Å². The predicted octanol–water partition coefficient (Wildman–Crippen LogP) is 5.91. The number of hydrogen-bond acceptors (Lipinski definition) is 2. The number of carbonyl (C=O) groups is 1. The van der Waals surface area contributed by atoms with E-state index in [-0.39, 0.29) is 5.91 Å². The highest BCUT2D eigenvalue weighted by molar-refractivity contribution is 6.35. The minimum absolute atomic E-state index is 0.225. The molecule has 0 aromatic heterocycles. The average molecular weight is 366 g/mol. The molecular weight excluding hydrogens is 345 g/mol. The van der Waals surface area contributed by atoms with Crippen molar-refractivity contribution in [3.05, 3.63) is 58.1 Å². The molecule has 5 heteroatoms. The maximum Gasteiger partial charge on any atom is 0.265 e. The molecule has 2 rings (SSSR count). The molecule has 0 heterocycles. The first kappa shape index (κ1) is 18.6. The molecule has 3 nitrogen and oxygen atoms in total. The smallest absolute Gasteiger partial charge is 0.265 e. The van der Waals surface area contributed by atoms with Crippen LogP contribution in [0.2, 0.25) is 10.0 Å². The number of carbonyl (C=O) groups excluding carboxylic acids is 1. The minimum atomic E-state index is -0.686. The normalized spacial score (nSPS) is 13.2. The number of benzene rings is 2. The molecule has 0 aliphatic rings. The number of halogens is 2. The number of amides is 1. The zero-order chi connectivity index (χ0) is 17.7. The lowest BCUT2D eigenvalue weighted by atomic mass is 9.97. The average Bonchev–Trinajstić information content (AvgIpc) is 2.57. The second-order valence-corrected chi connectivity index (χ2v) is 6.56. The number of rotatable bonds is 6. The van der Waals surface area contributed by atoms with E-state index in [0.29, 0.717) is 21.7 Å². The van der Waals surface area contributed by atoms with E-state index in [1.165, 1.54) is 0 Å². The van der Waals surface area contributed by atoms with Crippen LogP contribution in [-0.4, -0.2) is 12.0 Å². The van der Waals surface area contributed by atoms with Gasteiger partial charge in [-0.1, -0.05) is 55.2 Å². The number of hydrogen-bond donors (Lipinski definition) is 1. The van der Waals surface area contributed by atoms with E-state index >= 15 is 0 Å². The van der Waals surface area contributed by atoms with Gasteiger partial charge in [-0.05, 0) is 49.1 Å². The van der Waals surface area contributed by atoms with Gasteiger partial charge in [0.25, 0.3) is 5.91 Å². The van der Waals surface area contributed by atoms with Crippen molar-refractivity contribution < 1.29 is 9.53 Å². The van der Waals surface area contributed by atoms with E-state index in [9.17, 15) is 4.79 Å². The molecule has 24 heavy (non-hydrogen) atoms. The Bertz CT molecular complexity index is 718. The van der Waals surface area contributed by atoms with Crippen molar-refractivity contribution in [1.29, 1.82) is 0 Å². The molecule has 2 aromatic rings. The summed E-state index contributed by atoms with van der Waals surface area (Å²) in [5, 5.41) is 3.84. The summed E-state index contributed by atoms with van der Waals surface area (Å²) in [5.74, 6) is 0.569. The van der Waals surface area contributed by atoms with E-state index in [2.05, 4.69) is 19.2 Å². The summed E-state index contributed by atoms with van der Waals surface area (Å²) in [6.45, 7) is 5.95. The van der Waals surface area contributed by atoms with Crippen molar-refractivity contribution in [3.63, 3.8) is 0 Å². The molecule has 0 saturated carbocycles. The predicted molar refractivity (Wildman–Crippen MR) is 100 cm³/mol. The van der Waals surface area contributed by atoms with E-state index < -0.39 is 6.10 Å². The molecule has 128 valence electrons. The maximum atomic E-state index is 12.5. The molecule has 0 bridgehead atoms. The monoisotopic (exact) mass is 365 g/mol. The van der Waals surface area contributed by atoms with E-state index in [4.69, 9.17) is 27.9 Å². The zero-order valence-electron chi connectivity index (χ0n) is 14.0. The molecule has 2 aromatic carbocycles. The highest BCUT2D eigenvalue weighted by Gasteiger charge is 2.18. The van der Waals surface area contributed by atoms with Gasteiger partial charge in [-0.15, -0.1) is 0 Å². The first-order chi connectivity index (χ1) is 11.4. The standard InChI is InChI=1S/C19H21Cl2NO2/c1-4-12(2)15-7-5-6-8-17(15)22-19(23)13(3)24-18-10-9-14(20)11-16(18)21/h5-13H,4H2,1-3H3,(H,22,23). The Kier molecular flexibility index (Phi) is 6.52. The molecular formula is C19H21Cl2NO2. The van der Waals surface area contributed by atoms with Gasteiger partial charge in [0, 0.05) is 10.7 Å². The SMILES string of the molecule is CCC(C)c1ccccc1NC(=O)C(C)Oc1ccc(Cl)cc1Cl. The summed E-state index contributed by atoms with van der Waals surface area (Å²) in [6.07, 6.45) is 0.313. The van der Waals surface area contributed by atoms with Crippen LogP contribution >= 0.6 is 23.2 Å². The molecule has 0 spiro atoms. The molecule has 0 aliphatic carbocycles. The first-order valence-corrected chi connectivity index (χ1v) is 8.69. The Hall–Kier alpha value is -1.71. The Labute approximate surface area is 152 Å². The highest BCUT2D eigenvalue weighted by atomic mass is 35.5. The summed E-state index contributed by atoms with van der Waals surface area (Å²) in [4.78, 5) is 12.5. The second kappa shape index (κ2) is 8.41. The fourth-order valence-corrected chi connectivity index (χ4v) is 2.76. The molecule has 2 unspecified atom stereocenters. The van der Waals surface area contributed by atoms with Crippen LogP contribution in [0.4, 0.5) is 5.69 Å². The molecule has 1 amide bonds. The highest BCUT2D eigenvalue weighted by Crippen LogP contribution is 2.29. The fourth-order valence-electron chi connectivity index (χ4n) is 2.31. The number of nitrogens with one attached hydrogen (secondary N) is 1. The summed E-state index contributed by atoms with van der Waals surface area (Å²) in [7, 11) is 0. The van der Waals surface area contributed by atoms with Crippen LogP contribution in [-0.2, 0) is 4.79 Å². The molecule has 0 saturated heterocycles. The third kappa shape index (κ3) is 4.65. The number of anilines is 1. The van der Waals surface area contributed by atoms with Gasteiger partial charge in [-0.25, -0.2) is 0 Å². The zero-order valence-corrected chi connectivity index (χ0v) is 15.5. The van der Waals surface area contributed by atoms with Crippen LogP contribution in [0.5, 0.6) is 5.75 Å². The number of para-hydroxylation sites is 1. The first-order valence-electron chi connectivity index (χ1n) is 7.93. The molecule has 2 atom stereocenters. The second-order valence-electron chi connectivity index (χ2n) is 5.72. The van der Waals surface area contributed by atoms with Crippen molar-refractivity contribution >= 4 is 34.8 Å². The third-order valence-electron chi connectivity index (χ3n) is 3.93. The lowest BCUT2D eigenvalue weighted by molar-refractivity contribution is -0.122. The van der Waals surface area contributed by atoms with Gasteiger partial charge in [0.05, 0.1) is 5.02 Å². The molecule has 1 N–H and O–H groups in total. The van der Waals surface area contributed by atoms with Gasteiger partial charge in [0.1, 0.15) is 5.75 Å². The Morgan fingerprint density at radius 1 is 1.17 bits per heavy atom. The Balaban J connectivity index is 2.09. The van der Waals surface area contributed by atoms with Gasteiger partial charge in [-0.2, -0.15) is 0 Å². The summed E-state index contributed by atoms with van der Waals surface area (Å²) >= 11 is 11.9. The van der Waals surface area contributed by atoms with Gasteiger partial charge in [0.2, 0.25) is 0 Å². The summed E-state index contributed by atoms with van der Waals surface area (Å²) in [6, 6.07) is 12.7. The lowest BCUT2D eigenvalue weighted by Gasteiger charge is -2.19. The topological polar surface area (TPSA) is 38.3 Å². The van der Waals surface area contributed by atoms with Gasteiger partial charge in [-0.3, -0.25) is 4.79 Å². The van der Waals surface area contributed by atoms with Crippen molar-refractivity contribution in [1.82, 2.24) is 0 Å². The van der Waals surface area contributed by atoms with Crippen molar-refractivity contribution in [2.24, 2.45) is 0 Å². The Morgan fingerprint density at radius 2 is 1.88 bits per heavy atom. The van der Waals surface area contributed by atoms with Crippen molar-refractivity contribution in [2.45, 2.75) is 39.2 Å². The fraction of sp³-hybridized carbons (Fsp3) is 0.316. The summed E-state index contributed by atoms with van der Waals surface area (Å²) < 4.78 is 5.66. The van der Waals surface area contributed by atoms with Crippen LogP contribution in [0, 0.1) is 0 Å². The van der Waals surface area contributed by atoms with Crippen LogP contribution < -0.4 is 10.1 Å². The number of ether oxygens (including phenoxy) is 1. The maximum absolute atomic E-state index is 12.5. The minimum Gasteiger partial charge on any atom is -0.479 e. The molecule has 0 radical (unpaired) electrons. The van der Waals surface area contributed by atoms with Crippen molar-refractivity contribution in [2.75, 3.05) is 5.32 Å². The van der Waals surface area contributed by atoms with Gasteiger partial charge >= 0.3 is 0 Å². The van der Waals surface area contributed by atoms with E-state index in [1.54, 1.807) is 25.1 Å². The van der Waals surface area contributed by atoms with Gasteiger partial charge in [0.15, 0.2) is 6.10 Å². The summed E-state index contributed by atoms with van der Waals surface area (Å²) in [5.41, 5.74) is 1.93. The van der Waals surface area contributed by atoms with E-state index in [0.717, 1.165) is 17.7 Å². The third-order valence-corrected chi connectivity index (χ3v) is 4.46. The molecule has 0 fully saturated rings.